The molecule has 0 saturated carbocycles. The van der Waals surface area contributed by atoms with E-state index in [4.69, 9.17) is 5.73 Å². The van der Waals surface area contributed by atoms with E-state index < -0.39 is 0 Å². The van der Waals surface area contributed by atoms with E-state index in [9.17, 15) is 4.79 Å². The van der Waals surface area contributed by atoms with Crippen LogP contribution in [0.3, 0.4) is 0 Å². The van der Waals surface area contributed by atoms with Crippen molar-refractivity contribution in [3.05, 3.63) is 36.8 Å². The average molecular weight is 320 g/mol. The highest BCUT2D eigenvalue weighted by Gasteiger charge is 2.13. The van der Waals surface area contributed by atoms with Gasteiger partial charge in [-0.1, -0.05) is 23.9 Å². The van der Waals surface area contributed by atoms with E-state index in [-0.39, 0.29) is 11.7 Å². The molecule has 1 amide bonds. The van der Waals surface area contributed by atoms with Crippen LogP contribution >= 0.6 is 23.1 Å². The van der Waals surface area contributed by atoms with E-state index in [1.807, 2.05) is 11.4 Å². The third-order valence-corrected chi connectivity index (χ3v) is 4.35. The summed E-state index contributed by atoms with van der Waals surface area (Å²) in [6.45, 7) is 8.29. The summed E-state index contributed by atoms with van der Waals surface area (Å²) in [5, 5.41) is 3.30. The molecule has 7 heteroatoms. The molecule has 0 aromatic carbocycles. The summed E-state index contributed by atoms with van der Waals surface area (Å²) in [6.07, 6.45) is 3.39. The molecule has 5 nitrogen and oxygen atoms in total. The Balaban J connectivity index is 2.04. The third-order valence-electron chi connectivity index (χ3n) is 2.71. The fourth-order valence-electron chi connectivity index (χ4n) is 1.73. The predicted octanol–water partition coefficient (Wildman–Crippen LogP) is 2.57. The number of rotatable bonds is 7. The van der Waals surface area contributed by atoms with Gasteiger partial charge in [0.1, 0.15) is 10.6 Å². The lowest BCUT2D eigenvalue weighted by molar-refractivity contribution is -0.127. The number of hydrogen-bond acceptors (Lipinski definition) is 6. The van der Waals surface area contributed by atoms with Crippen molar-refractivity contribution >= 4 is 45.0 Å². The number of nitrogens with two attached hydrogens (primary N) is 1. The SMILES string of the molecule is C=CCN(CC=C)C(=O)CSc1nc(N)c2ccsc2n1. The molecule has 0 unspecified atom stereocenters. The molecule has 0 atom stereocenters. The van der Waals surface area contributed by atoms with Crippen LogP contribution in [0.15, 0.2) is 41.9 Å². The van der Waals surface area contributed by atoms with Crippen LogP contribution < -0.4 is 5.73 Å². The Labute approximate surface area is 131 Å². The van der Waals surface area contributed by atoms with Crippen LogP contribution in [-0.4, -0.2) is 39.6 Å². The minimum Gasteiger partial charge on any atom is -0.383 e. The zero-order chi connectivity index (χ0) is 15.2. The largest absolute Gasteiger partial charge is 0.383 e. The Kier molecular flexibility index (Phi) is 5.35. The van der Waals surface area contributed by atoms with Gasteiger partial charge in [0, 0.05) is 13.1 Å². The highest BCUT2D eigenvalue weighted by atomic mass is 32.2. The molecule has 2 aromatic heterocycles. The molecule has 0 bridgehead atoms. The molecule has 0 radical (unpaired) electrons. The van der Waals surface area contributed by atoms with Crippen LogP contribution in [0, 0.1) is 0 Å². The van der Waals surface area contributed by atoms with Gasteiger partial charge in [-0.3, -0.25) is 4.79 Å². The number of nitrogens with zero attached hydrogens (tertiary/aromatic N) is 3. The second-order valence-corrected chi connectivity index (χ2v) is 6.03. The van der Waals surface area contributed by atoms with Gasteiger partial charge in [0.2, 0.25) is 5.91 Å². The lowest BCUT2D eigenvalue weighted by atomic mass is 10.4. The topological polar surface area (TPSA) is 72.1 Å². The van der Waals surface area contributed by atoms with Gasteiger partial charge < -0.3 is 10.6 Å². The van der Waals surface area contributed by atoms with Crippen molar-refractivity contribution < 1.29 is 4.79 Å². The summed E-state index contributed by atoms with van der Waals surface area (Å²) in [5.74, 6) is 0.705. The maximum absolute atomic E-state index is 12.1. The van der Waals surface area contributed by atoms with Gasteiger partial charge in [-0.05, 0) is 11.4 Å². The number of aromatic nitrogens is 2. The van der Waals surface area contributed by atoms with Crippen molar-refractivity contribution in [2.45, 2.75) is 5.16 Å². The number of carbonyl (C=O) groups excluding carboxylic acids is 1. The number of amides is 1. The lowest BCUT2D eigenvalue weighted by Gasteiger charge is -2.18. The molecule has 2 N–H and O–H groups in total. The number of thiophene rings is 1. The van der Waals surface area contributed by atoms with Crippen LogP contribution in [0.1, 0.15) is 0 Å². The smallest absolute Gasteiger partial charge is 0.233 e. The first-order valence-electron chi connectivity index (χ1n) is 6.28. The molecule has 0 saturated heterocycles. The number of anilines is 1. The van der Waals surface area contributed by atoms with E-state index in [2.05, 4.69) is 23.1 Å². The van der Waals surface area contributed by atoms with Gasteiger partial charge in [-0.15, -0.1) is 24.5 Å². The van der Waals surface area contributed by atoms with Gasteiger partial charge in [-0.25, -0.2) is 9.97 Å². The molecule has 0 aliphatic carbocycles. The van der Waals surface area contributed by atoms with Gasteiger partial charge in [0.25, 0.3) is 0 Å². The van der Waals surface area contributed by atoms with Crippen molar-refractivity contribution in [2.24, 2.45) is 0 Å². The van der Waals surface area contributed by atoms with E-state index in [1.54, 1.807) is 17.1 Å². The van der Waals surface area contributed by atoms with Crippen molar-refractivity contribution in [1.29, 1.82) is 0 Å². The molecule has 0 aliphatic rings. The first kappa shape index (κ1) is 15.5. The number of fused-ring (bicyclic) bond motifs is 1. The average Bonchev–Trinajstić information content (AvgIpc) is 2.93. The number of nitrogen functional groups attached to an aromatic ring is 1. The zero-order valence-corrected chi connectivity index (χ0v) is 13.1. The van der Waals surface area contributed by atoms with Crippen molar-refractivity contribution in [1.82, 2.24) is 14.9 Å². The summed E-state index contributed by atoms with van der Waals surface area (Å²) in [7, 11) is 0. The quantitative estimate of drug-likeness (QED) is 0.482. The first-order chi connectivity index (χ1) is 10.2. The second kappa shape index (κ2) is 7.24. The van der Waals surface area contributed by atoms with Crippen molar-refractivity contribution in [3.8, 4) is 0 Å². The molecule has 110 valence electrons. The Morgan fingerprint density at radius 2 is 2.10 bits per heavy atom. The molecule has 21 heavy (non-hydrogen) atoms. The van der Waals surface area contributed by atoms with Crippen LogP contribution in [0.5, 0.6) is 0 Å². The van der Waals surface area contributed by atoms with Crippen LogP contribution in [0.4, 0.5) is 5.82 Å². The Bertz CT molecular complexity index is 658. The number of hydrogen-bond donors (Lipinski definition) is 1. The Hall–Kier alpha value is -1.86. The number of thioether (sulfide) groups is 1. The van der Waals surface area contributed by atoms with Crippen molar-refractivity contribution in [3.63, 3.8) is 0 Å². The minimum atomic E-state index is -0.00625. The van der Waals surface area contributed by atoms with E-state index >= 15 is 0 Å². The highest BCUT2D eigenvalue weighted by molar-refractivity contribution is 7.99. The molecular weight excluding hydrogens is 304 g/mol. The van der Waals surface area contributed by atoms with Crippen LogP contribution in [0.2, 0.25) is 0 Å². The van der Waals surface area contributed by atoms with E-state index in [1.165, 1.54) is 23.1 Å². The monoisotopic (exact) mass is 320 g/mol. The summed E-state index contributed by atoms with van der Waals surface area (Å²) in [5.41, 5.74) is 5.88. The van der Waals surface area contributed by atoms with Gasteiger partial charge >= 0.3 is 0 Å². The highest BCUT2D eigenvalue weighted by Crippen LogP contribution is 2.26. The molecule has 2 rings (SSSR count). The maximum Gasteiger partial charge on any atom is 0.233 e. The molecule has 0 aliphatic heterocycles. The summed E-state index contributed by atoms with van der Waals surface area (Å²) in [6, 6.07) is 1.89. The summed E-state index contributed by atoms with van der Waals surface area (Å²) in [4.78, 5) is 23.2. The summed E-state index contributed by atoms with van der Waals surface area (Å²) >= 11 is 2.79. The maximum atomic E-state index is 12.1. The fourth-order valence-corrected chi connectivity index (χ4v) is 3.31. The fraction of sp³-hybridized carbons (Fsp3) is 0.214. The molecule has 2 heterocycles. The van der Waals surface area contributed by atoms with Gasteiger partial charge in [0.15, 0.2) is 5.16 Å². The van der Waals surface area contributed by atoms with Gasteiger partial charge in [0.05, 0.1) is 11.1 Å². The van der Waals surface area contributed by atoms with Gasteiger partial charge in [-0.2, -0.15) is 0 Å². The Morgan fingerprint density at radius 3 is 2.76 bits per heavy atom. The number of carbonyl (C=O) groups is 1. The standard InChI is InChI=1S/C14H16N4OS2/c1-3-6-18(7-4-2)11(19)9-21-14-16-12(15)10-5-8-20-13(10)17-14/h3-5,8H,1-2,6-7,9H2,(H2,15,16,17). The summed E-state index contributed by atoms with van der Waals surface area (Å²) < 4.78 is 0. The zero-order valence-electron chi connectivity index (χ0n) is 11.5. The molecule has 2 aromatic rings. The lowest BCUT2D eigenvalue weighted by Crippen LogP contribution is -2.32. The molecule has 0 spiro atoms. The first-order valence-corrected chi connectivity index (χ1v) is 8.15. The van der Waals surface area contributed by atoms with E-state index in [0.717, 1.165) is 10.2 Å². The van der Waals surface area contributed by atoms with Crippen LogP contribution in [-0.2, 0) is 4.79 Å². The third kappa shape index (κ3) is 3.83. The van der Waals surface area contributed by atoms with Crippen LogP contribution in [0.25, 0.3) is 10.2 Å². The normalized spacial score (nSPS) is 10.5. The Morgan fingerprint density at radius 1 is 1.38 bits per heavy atom. The predicted molar refractivity (Wildman–Crippen MR) is 89.5 cm³/mol. The molecular formula is C14H16N4OS2. The van der Waals surface area contributed by atoms with Crippen molar-refractivity contribution in [2.75, 3.05) is 24.6 Å². The molecule has 0 fully saturated rings. The van der Waals surface area contributed by atoms with E-state index in [0.29, 0.717) is 24.1 Å². The minimum absolute atomic E-state index is 0.00625. The second-order valence-electron chi connectivity index (χ2n) is 4.20.